The summed E-state index contributed by atoms with van der Waals surface area (Å²) in [6, 6.07) is 2.38. The average molecular weight is 329 g/mol. The molecule has 1 aromatic heterocycles. The van der Waals surface area contributed by atoms with Gasteiger partial charge in [0, 0.05) is 36.3 Å². The molecule has 2 N–H and O–H groups in total. The minimum Gasteiger partial charge on any atom is -0.346 e. The maximum Gasteiger partial charge on any atom is 0.242 e. The molecule has 0 amide bonds. The molecule has 2 aliphatic rings. The highest BCUT2D eigenvalue weighted by molar-refractivity contribution is 7.99. The third-order valence-electron chi connectivity index (χ3n) is 4.00. The van der Waals surface area contributed by atoms with Gasteiger partial charge in [-0.15, -0.1) is 0 Å². The summed E-state index contributed by atoms with van der Waals surface area (Å²) in [5.74, 6) is 2.02. The van der Waals surface area contributed by atoms with Crippen molar-refractivity contribution in [2.45, 2.75) is 49.2 Å². The van der Waals surface area contributed by atoms with Gasteiger partial charge in [0.1, 0.15) is 0 Å². The summed E-state index contributed by atoms with van der Waals surface area (Å²) in [7, 11) is -1.51. The standard InChI is InChI=1S/C14H23N3O2S2/c1-15-8-13-7-14(9-17(13)12-4-5-12)21(18,19)16-11-3-2-6-20-10-11/h7,9,11-12,15-16H,2-6,8,10H2,1H3. The Labute approximate surface area is 130 Å². The molecule has 1 atom stereocenters. The minimum absolute atomic E-state index is 0.0748. The van der Waals surface area contributed by atoms with Gasteiger partial charge < -0.3 is 9.88 Å². The van der Waals surface area contributed by atoms with Gasteiger partial charge in [0.25, 0.3) is 0 Å². The molecule has 3 rings (SSSR count). The van der Waals surface area contributed by atoms with Crippen LogP contribution in [0.25, 0.3) is 0 Å². The molecule has 118 valence electrons. The molecule has 1 aliphatic carbocycles. The Hall–Kier alpha value is -0.500. The van der Waals surface area contributed by atoms with E-state index >= 15 is 0 Å². The SMILES string of the molecule is CNCc1cc(S(=O)(=O)NC2CCCSC2)cn1C1CC1. The lowest BCUT2D eigenvalue weighted by Gasteiger charge is -2.21. The van der Waals surface area contributed by atoms with Crippen LogP contribution in [0, 0.1) is 0 Å². The molecule has 1 aromatic rings. The maximum atomic E-state index is 12.6. The van der Waals surface area contributed by atoms with E-state index in [2.05, 4.69) is 14.6 Å². The summed E-state index contributed by atoms with van der Waals surface area (Å²) in [5.41, 5.74) is 1.05. The van der Waals surface area contributed by atoms with Crippen LogP contribution in [0.3, 0.4) is 0 Å². The molecule has 2 fully saturated rings. The topological polar surface area (TPSA) is 63.1 Å². The number of sulfonamides is 1. The average Bonchev–Trinajstić information content (AvgIpc) is 3.21. The normalized spacial score (nSPS) is 23.4. The summed E-state index contributed by atoms with van der Waals surface area (Å²) < 4.78 is 30.1. The Kier molecular flexibility index (Phi) is 4.63. The fraction of sp³-hybridized carbons (Fsp3) is 0.714. The molecule has 1 aliphatic heterocycles. The molecule has 1 saturated heterocycles. The second-order valence-corrected chi connectivity index (χ2v) is 8.74. The molecule has 2 heterocycles. The van der Waals surface area contributed by atoms with Crippen molar-refractivity contribution in [2.24, 2.45) is 0 Å². The number of thioether (sulfide) groups is 1. The van der Waals surface area contributed by atoms with Crippen molar-refractivity contribution in [3.63, 3.8) is 0 Å². The van der Waals surface area contributed by atoms with E-state index in [9.17, 15) is 8.42 Å². The van der Waals surface area contributed by atoms with Gasteiger partial charge in [-0.2, -0.15) is 11.8 Å². The lowest BCUT2D eigenvalue weighted by Crippen LogP contribution is -2.38. The number of nitrogens with one attached hydrogen (secondary N) is 2. The van der Waals surface area contributed by atoms with E-state index in [-0.39, 0.29) is 6.04 Å². The Bertz CT molecular complexity index is 587. The molecule has 7 heteroatoms. The third kappa shape index (κ3) is 3.64. The Morgan fingerprint density at radius 3 is 2.81 bits per heavy atom. The zero-order valence-corrected chi connectivity index (χ0v) is 14.0. The van der Waals surface area contributed by atoms with Gasteiger partial charge in [0.05, 0.1) is 4.90 Å². The highest BCUT2D eigenvalue weighted by atomic mass is 32.2. The molecular formula is C14H23N3O2S2. The van der Waals surface area contributed by atoms with E-state index < -0.39 is 10.0 Å². The number of nitrogens with zero attached hydrogens (tertiary/aromatic N) is 1. The van der Waals surface area contributed by atoms with Crippen LogP contribution in [0.1, 0.15) is 37.4 Å². The first kappa shape index (κ1) is 15.4. The zero-order valence-electron chi connectivity index (χ0n) is 12.3. The van der Waals surface area contributed by atoms with Gasteiger partial charge in [-0.25, -0.2) is 13.1 Å². The third-order valence-corrected chi connectivity index (χ3v) is 6.70. The van der Waals surface area contributed by atoms with Crippen LogP contribution in [0.2, 0.25) is 0 Å². The molecule has 0 spiro atoms. The molecule has 21 heavy (non-hydrogen) atoms. The van der Waals surface area contributed by atoms with Crippen LogP contribution in [0.4, 0.5) is 0 Å². The maximum absolute atomic E-state index is 12.6. The van der Waals surface area contributed by atoms with Crippen molar-refractivity contribution in [1.82, 2.24) is 14.6 Å². The highest BCUT2D eigenvalue weighted by Crippen LogP contribution is 2.37. The Morgan fingerprint density at radius 1 is 1.38 bits per heavy atom. The van der Waals surface area contributed by atoms with Crippen molar-refractivity contribution in [1.29, 1.82) is 0 Å². The van der Waals surface area contributed by atoms with E-state index in [0.29, 0.717) is 17.5 Å². The van der Waals surface area contributed by atoms with E-state index in [1.807, 2.05) is 31.1 Å². The van der Waals surface area contributed by atoms with Crippen LogP contribution < -0.4 is 10.0 Å². The van der Waals surface area contributed by atoms with Gasteiger partial charge in [0.2, 0.25) is 10.0 Å². The van der Waals surface area contributed by atoms with Crippen molar-refractivity contribution >= 4 is 21.8 Å². The van der Waals surface area contributed by atoms with Crippen LogP contribution in [0.5, 0.6) is 0 Å². The zero-order chi connectivity index (χ0) is 14.9. The van der Waals surface area contributed by atoms with Crippen LogP contribution >= 0.6 is 11.8 Å². The fourth-order valence-corrected chi connectivity index (χ4v) is 5.28. The molecule has 1 unspecified atom stereocenters. The van der Waals surface area contributed by atoms with E-state index in [1.54, 1.807) is 0 Å². The van der Waals surface area contributed by atoms with Gasteiger partial charge in [-0.1, -0.05) is 0 Å². The summed E-state index contributed by atoms with van der Waals surface area (Å²) in [6.45, 7) is 0.700. The molecule has 0 radical (unpaired) electrons. The van der Waals surface area contributed by atoms with Crippen molar-refractivity contribution in [2.75, 3.05) is 18.6 Å². The minimum atomic E-state index is -3.40. The second-order valence-electron chi connectivity index (χ2n) is 5.87. The van der Waals surface area contributed by atoms with Gasteiger partial charge in [-0.05, 0) is 44.6 Å². The monoisotopic (exact) mass is 329 g/mol. The number of hydrogen-bond donors (Lipinski definition) is 2. The fourth-order valence-electron chi connectivity index (χ4n) is 2.78. The van der Waals surface area contributed by atoms with Gasteiger partial charge in [-0.3, -0.25) is 0 Å². The first-order valence-corrected chi connectivity index (χ1v) is 10.2. The first-order valence-electron chi connectivity index (χ1n) is 7.55. The van der Waals surface area contributed by atoms with E-state index in [1.165, 1.54) is 0 Å². The predicted octanol–water partition coefficient (Wildman–Crippen LogP) is 1.72. The first-order chi connectivity index (χ1) is 10.1. The number of rotatable bonds is 6. The summed E-state index contributed by atoms with van der Waals surface area (Å²) >= 11 is 1.83. The lowest BCUT2D eigenvalue weighted by atomic mass is 10.2. The van der Waals surface area contributed by atoms with Gasteiger partial charge >= 0.3 is 0 Å². The van der Waals surface area contributed by atoms with E-state index in [0.717, 1.165) is 42.9 Å². The summed E-state index contributed by atoms with van der Waals surface area (Å²) in [5, 5.41) is 3.11. The van der Waals surface area contributed by atoms with Gasteiger partial charge in [0.15, 0.2) is 0 Å². The molecule has 5 nitrogen and oxygen atoms in total. The summed E-state index contributed by atoms with van der Waals surface area (Å²) in [6.07, 6.45) is 6.14. The smallest absolute Gasteiger partial charge is 0.242 e. The number of aromatic nitrogens is 1. The van der Waals surface area contributed by atoms with Crippen LogP contribution in [0.15, 0.2) is 17.2 Å². The largest absolute Gasteiger partial charge is 0.346 e. The lowest BCUT2D eigenvalue weighted by molar-refractivity contribution is 0.543. The van der Waals surface area contributed by atoms with E-state index in [4.69, 9.17) is 0 Å². The molecule has 0 aromatic carbocycles. The Balaban J connectivity index is 1.79. The quantitative estimate of drug-likeness (QED) is 0.834. The molecular weight excluding hydrogens is 306 g/mol. The second kappa shape index (κ2) is 6.32. The summed E-state index contributed by atoms with van der Waals surface area (Å²) in [4.78, 5) is 0.412. The predicted molar refractivity (Wildman–Crippen MR) is 86.1 cm³/mol. The van der Waals surface area contributed by atoms with Crippen molar-refractivity contribution < 1.29 is 8.42 Å². The molecule has 0 bridgehead atoms. The van der Waals surface area contributed by atoms with Crippen molar-refractivity contribution in [3.05, 3.63) is 18.0 Å². The molecule has 1 saturated carbocycles. The van der Waals surface area contributed by atoms with Crippen LogP contribution in [-0.2, 0) is 16.6 Å². The number of hydrogen-bond acceptors (Lipinski definition) is 4. The van der Waals surface area contributed by atoms with Crippen LogP contribution in [-0.4, -0.2) is 37.6 Å². The Morgan fingerprint density at radius 2 is 2.19 bits per heavy atom. The highest BCUT2D eigenvalue weighted by Gasteiger charge is 2.29. The van der Waals surface area contributed by atoms with Crippen molar-refractivity contribution in [3.8, 4) is 0 Å².